The molecule has 0 fully saturated rings. The molecule has 0 bridgehead atoms. The first-order valence-corrected chi connectivity index (χ1v) is 7.47. The van der Waals surface area contributed by atoms with Gasteiger partial charge in [0, 0.05) is 6.42 Å². The topological polar surface area (TPSA) is 26.3 Å². The predicted molar refractivity (Wildman–Crippen MR) is 86.7 cm³/mol. The van der Waals surface area contributed by atoms with Crippen molar-refractivity contribution in [3.05, 3.63) is 34.9 Å². The van der Waals surface area contributed by atoms with Crippen LogP contribution >= 0.6 is 0 Å². The van der Waals surface area contributed by atoms with Gasteiger partial charge in [-0.2, -0.15) is 0 Å². The summed E-state index contributed by atoms with van der Waals surface area (Å²) in [6, 6.07) is 0. The summed E-state index contributed by atoms with van der Waals surface area (Å²) in [7, 11) is 1.43. The van der Waals surface area contributed by atoms with Crippen LogP contribution in [0.5, 0.6) is 0 Å². The lowest BCUT2D eigenvalue weighted by Gasteiger charge is -2.01. The highest BCUT2D eigenvalue weighted by Gasteiger charge is 1.97. The van der Waals surface area contributed by atoms with E-state index in [1.54, 1.807) is 0 Å². The van der Waals surface area contributed by atoms with Gasteiger partial charge in [0.2, 0.25) is 0 Å². The number of allylic oxidation sites excluding steroid dienone is 6. The van der Waals surface area contributed by atoms with Crippen LogP contribution < -0.4 is 0 Å². The summed E-state index contributed by atoms with van der Waals surface area (Å²) >= 11 is 0. The third-order valence-corrected chi connectivity index (χ3v) is 3.19. The molecule has 0 aromatic heterocycles. The fourth-order valence-electron chi connectivity index (χ4n) is 1.88. The van der Waals surface area contributed by atoms with E-state index in [1.165, 1.54) is 23.8 Å². The van der Waals surface area contributed by atoms with Crippen LogP contribution in [-0.4, -0.2) is 13.1 Å². The lowest BCUT2D eigenvalue weighted by atomic mass is 10.1. The largest absolute Gasteiger partial charge is 0.469 e. The molecule has 0 aliphatic rings. The maximum absolute atomic E-state index is 11.0. The normalized spacial score (nSPS) is 12.2. The van der Waals surface area contributed by atoms with Gasteiger partial charge in [-0.05, 0) is 59.8 Å². The molecule has 0 unspecified atom stereocenters. The van der Waals surface area contributed by atoms with Crippen LogP contribution in [0.2, 0.25) is 0 Å². The van der Waals surface area contributed by atoms with Crippen molar-refractivity contribution in [1.82, 2.24) is 0 Å². The summed E-state index contributed by atoms with van der Waals surface area (Å²) < 4.78 is 4.62. The van der Waals surface area contributed by atoms with E-state index < -0.39 is 0 Å². The van der Waals surface area contributed by atoms with Gasteiger partial charge in [-0.15, -0.1) is 0 Å². The van der Waals surface area contributed by atoms with Crippen molar-refractivity contribution in [2.45, 2.75) is 66.2 Å². The molecular weight excluding hydrogens is 248 g/mol. The molecular formula is C18H30O2. The molecule has 0 saturated carbocycles. The summed E-state index contributed by atoms with van der Waals surface area (Å²) in [5, 5.41) is 0. The van der Waals surface area contributed by atoms with Crippen LogP contribution in [0.25, 0.3) is 0 Å². The molecule has 0 N–H and O–H groups in total. The van der Waals surface area contributed by atoms with E-state index in [0.717, 1.165) is 32.1 Å². The van der Waals surface area contributed by atoms with Gasteiger partial charge in [-0.3, -0.25) is 4.79 Å². The summed E-state index contributed by atoms with van der Waals surface area (Å²) in [6.07, 6.45) is 12.5. The Kier molecular flexibility index (Phi) is 10.8. The summed E-state index contributed by atoms with van der Waals surface area (Å²) in [4.78, 5) is 11.0. The molecule has 20 heavy (non-hydrogen) atoms. The second-order valence-corrected chi connectivity index (χ2v) is 5.57. The Labute approximate surface area is 124 Å². The van der Waals surface area contributed by atoms with Crippen molar-refractivity contribution in [2.24, 2.45) is 0 Å². The highest BCUT2D eigenvalue weighted by Crippen LogP contribution is 2.12. The Hall–Kier alpha value is -1.31. The van der Waals surface area contributed by atoms with E-state index >= 15 is 0 Å². The molecule has 0 aliphatic heterocycles. The minimum Gasteiger partial charge on any atom is -0.469 e. The SMILES string of the molecule is COC(=O)CC/C=C(\C)CC/C=C(\C)CCC=C(C)C. The van der Waals surface area contributed by atoms with Gasteiger partial charge in [0.25, 0.3) is 0 Å². The Morgan fingerprint density at radius 3 is 1.70 bits per heavy atom. The zero-order valence-electron chi connectivity index (χ0n) is 13.8. The van der Waals surface area contributed by atoms with Gasteiger partial charge in [0.05, 0.1) is 7.11 Å². The lowest BCUT2D eigenvalue weighted by Crippen LogP contribution is -1.98. The fourth-order valence-corrected chi connectivity index (χ4v) is 1.88. The predicted octanol–water partition coefficient (Wildman–Crippen LogP) is 5.36. The number of hydrogen-bond donors (Lipinski definition) is 0. The molecule has 0 spiro atoms. The number of ether oxygens (including phenoxy) is 1. The Morgan fingerprint density at radius 1 is 0.800 bits per heavy atom. The number of hydrogen-bond acceptors (Lipinski definition) is 2. The maximum Gasteiger partial charge on any atom is 0.305 e. The molecule has 0 aromatic rings. The van der Waals surface area contributed by atoms with Crippen molar-refractivity contribution >= 4 is 5.97 Å². The Morgan fingerprint density at radius 2 is 1.25 bits per heavy atom. The first-order valence-electron chi connectivity index (χ1n) is 7.47. The Balaban J connectivity index is 3.88. The molecule has 114 valence electrons. The molecule has 0 saturated heterocycles. The zero-order valence-corrected chi connectivity index (χ0v) is 13.8. The van der Waals surface area contributed by atoms with Gasteiger partial charge in [0.15, 0.2) is 0 Å². The quantitative estimate of drug-likeness (QED) is 0.419. The van der Waals surface area contributed by atoms with Gasteiger partial charge >= 0.3 is 5.97 Å². The molecule has 0 heterocycles. The smallest absolute Gasteiger partial charge is 0.305 e. The number of carbonyl (C=O) groups excluding carboxylic acids is 1. The lowest BCUT2D eigenvalue weighted by molar-refractivity contribution is -0.140. The molecule has 0 radical (unpaired) electrons. The highest BCUT2D eigenvalue weighted by molar-refractivity contribution is 5.69. The van der Waals surface area contributed by atoms with Crippen molar-refractivity contribution in [3.63, 3.8) is 0 Å². The van der Waals surface area contributed by atoms with Gasteiger partial charge in [-0.25, -0.2) is 0 Å². The standard InChI is InChI=1S/C18H30O2/c1-15(2)9-6-10-16(3)11-7-12-17(4)13-8-14-18(19)20-5/h9,11,13H,6-8,10,12,14H2,1-5H3/b16-11+,17-13+. The van der Waals surface area contributed by atoms with Crippen LogP contribution in [0.3, 0.4) is 0 Å². The summed E-state index contributed by atoms with van der Waals surface area (Å²) in [5.74, 6) is -0.135. The molecule has 0 aromatic carbocycles. The van der Waals surface area contributed by atoms with E-state index in [1.807, 2.05) is 0 Å². The second-order valence-electron chi connectivity index (χ2n) is 5.57. The molecule has 0 amide bonds. The molecule has 2 heteroatoms. The van der Waals surface area contributed by atoms with E-state index in [0.29, 0.717) is 6.42 Å². The van der Waals surface area contributed by atoms with Crippen molar-refractivity contribution in [2.75, 3.05) is 7.11 Å². The van der Waals surface area contributed by atoms with Crippen LogP contribution in [-0.2, 0) is 9.53 Å². The number of carbonyl (C=O) groups is 1. The maximum atomic E-state index is 11.0. The van der Waals surface area contributed by atoms with Crippen LogP contribution in [0, 0.1) is 0 Å². The number of rotatable bonds is 9. The van der Waals surface area contributed by atoms with Crippen molar-refractivity contribution < 1.29 is 9.53 Å². The molecule has 0 aliphatic carbocycles. The van der Waals surface area contributed by atoms with Gasteiger partial charge in [-0.1, -0.05) is 34.9 Å². The monoisotopic (exact) mass is 278 g/mol. The van der Waals surface area contributed by atoms with Crippen LogP contribution in [0.4, 0.5) is 0 Å². The molecule has 0 rings (SSSR count). The average molecular weight is 278 g/mol. The van der Waals surface area contributed by atoms with Crippen molar-refractivity contribution in [1.29, 1.82) is 0 Å². The first-order chi connectivity index (χ1) is 9.45. The first kappa shape index (κ1) is 18.7. The third kappa shape index (κ3) is 11.8. The Bertz CT molecular complexity index is 369. The second kappa shape index (κ2) is 11.5. The zero-order chi connectivity index (χ0) is 15.4. The molecule has 0 atom stereocenters. The highest BCUT2D eigenvalue weighted by atomic mass is 16.5. The van der Waals surface area contributed by atoms with Gasteiger partial charge in [0.1, 0.15) is 0 Å². The molecule has 2 nitrogen and oxygen atoms in total. The van der Waals surface area contributed by atoms with Crippen LogP contribution in [0.1, 0.15) is 66.2 Å². The summed E-state index contributed by atoms with van der Waals surface area (Å²) in [5.41, 5.74) is 4.20. The van der Waals surface area contributed by atoms with E-state index in [4.69, 9.17) is 0 Å². The summed E-state index contributed by atoms with van der Waals surface area (Å²) in [6.45, 7) is 8.61. The minimum absolute atomic E-state index is 0.135. The third-order valence-electron chi connectivity index (χ3n) is 3.19. The van der Waals surface area contributed by atoms with Crippen molar-refractivity contribution in [3.8, 4) is 0 Å². The minimum atomic E-state index is -0.135. The fraction of sp³-hybridized carbons (Fsp3) is 0.611. The number of methoxy groups -OCH3 is 1. The van der Waals surface area contributed by atoms with E-state index in [2.05, 4.69) is 50.7 Å². The van der Waals surface area contributed by atoms with E-state index in [-0.39, 0.29) is 5.97 Å². The van der Waals surface area contributed by atoms with Gasteiger partial charge < -0.3 is 4.74 Å². The van der Waals surface area contributed by atoms with Crippen LogP contribution in [0.15, 0.2) is 34.9 Å². The number of esters is 1. The average Bonchev–Trinajstić information content (AvgIpc) is 2.38. The van der Waals surface area contributed by atoms with E-state index in [9.17, 15) is 4.79 Å².